The number of hydrogen-bond acceptors (Lipinski definition) is 5. The Bertz CT molecular complexity index is 708. The third kappa shape index (κ3) is 8.05. The van der Waals surface area contributed by atoms with E-state index >= 15 is 0 Å². The molecule has 2 amide bonds. The summed E-state index contributed by atoms with van der Waals surface area (Å²) in [5, 5.41) is 2.59. The number of nitrogens with zero attached hydrogens (tertiary/aromatic N) is 1. The van der Waals surface area contributed by atoms with Crippen LogP contribution in [0, 0.1) is 0 Å². The lowest BCUT2D eigenvalue weighted by Gasteiger charge is -2.36. The maximum absolute atomic E-state index is 13.1. The van der Waals surface area contributed by atoms with Crippen LogP contribution in [0.1, 0.15) is 65.4 Å². The monoisotopic (exact) mass is 418 g/mol. The highest BCUT2D eigenvalue weighted by Gasteiger charge is 2.32. The molecule has 0 aliphatic heterocycles. The van der Waals surface area contributed by atoms with Crippen LogP contribution in [0.2, 0.25) is 0 Å². The van der Waals surface area contributed by atoms with Crippen molar-refractivity contribution in [1.29, 1.82) is 0 Å². The standard InChI is InChI=1S/C23H34N2O5/c1-17(24-22(28)29-16-18-11-7-5-8-12-18)21(27)25(19-13-9-6-10-14-19)15-20(26)30-23(2,3)4/h5,7-8,11-12,17,19H,6,9-10,13-16H2,1-4H3,(H,24,28)/t17-/m0/s1. The molecule has 1 fully saturated rings. The summed E-state index contributed by atoms with van der Waals surface area (Å²) in [7, 11) is 0. The molecule has 1 aromatic carbocycles. The summed E-state index contributed by atoms with van der Waals surface area (Å²) < 4.78 is 10.6. The highest BCUT2D eigenvalue weighted by Crippen LogP contribution is 2.23. The summed E-state index contributed by atoms with van der Waals surface area (Å²) in [6, 6.07) is 8.49. The molecule has 7 heteroatoms. The number of benzene rings is 1. The SMILES string of the molecule is C[C@H](NC(=O)OCc1ccccc1)C(=O)N(CC(=O)OC(C)(C)C)C1CCCCC1. The fourth-order valence-electron chi connectivity index (χ4n) is 3.54. The van der Waals surface area contributed by atoms with Crippen molar-refractivity contribution < 1.29 is 23.9 Å². The molecular weight excluding hydrogens is 384 g/mol. The van der Waals surface area contributed by atoms with Crippen LogP contribution >= 0.6 is 0 Å². The van der Waals surface area contributed by atoms with Crippen molar-refractivity contribution >= 4 is 18.0 Å². The fraction of sp³-hybridized carbons (Fsp3) is 0.609. The predicted molar refractivity (Wildman–Crippen MR) is 114 cm³/mol. The normalized spacial score (nSPS) is 15.7. The number of hydrogen-bond donors (Lipinski definition) is 1. The van der Waals surface area contributed by atoms with Gasteiger partial charge in [0.05, 0.1) is 0 Å². The summed E-state index contributed by atoms with van der Waals surface area (Å²) in [4.78, 5) is 39.2. The van der Waals surface area contributed by atoms with Gasteiger partial charge in [-0.2, -0.15) is 0 Å². The molecule has 1 aromatic rings. The number of amides is 2. The highest BCUT2D eigenvalue weighted by molar-refractivity contribution is 5.88. The minimum atomic E-state index is -0.808. The summed E-state index contributed by atoms with van der Waals surface area (Å²) in [5.74, 6) is -0.746. The van der Waals surface area contributed by atoms with Gasteiger partial charge in [-0.3, -0.25) is 9.59 Å². The first-order valence-electron chi connectivity index (χ1n) is 10.7. The Labute approximate surface area is 179 Å². The number of alkyl carbamates (subject to hydrolysis) is 1. The molecule has 7 nitrogen and oxygen atoms in total. The largest absolute Gasteiger partial charge is 0.459 e. The number of rotatable bonds is 7. The van der Waals surface area contributed by atoms with E-state index in [1.54, 1.807) is 32.6 Å². The smallest absolute Gasteiger partial charge is 0.408 e. The number of nitrogens with one attached hydrogen (secondary N) is 1. The zero-order valence-corrected chi connectivity index (χ0v) is 18.5. The first-order chi connectivity index (χ1) is 14.2. The van der Waals surface area contributed by atoms with Gasteiger partial charge >= 0.3 is 12.1 Å². The fourth-order valence-corrected chi connectivity index (χ4v) is 3.54. The van der Waals surface area contributed by atoms with Crippen LogP contribution in [0.25, 0.3) is 0 Å². The number of ether oxygens (including phenoxy) is 2. The van der Waals surface area contributed by atoms with E-state index < -0.39 is 23.7 Å². The summed E-state index contributed by atoms with van der Waals surface area (Å²) in [6.45, 7) is 7.00. The molecule has 0 unspecified atom stereocenters. The van der Waals surface area contributed by atoms with Crippen LogP contribution in [0.15, 0.2) is 30.3 Å². The van der Waals surface area contributed by atoms with E-state index in [9.17, 15) is 14.4 Å². The summed E-state index contributed by atoms with van der Waals surface area (Å²) in [5.41, 5.74) is 0.240. The maximum atomic E-state index is 13.1. The van der Waals surface area contributed by atoms with Gasteiger partial charge in [-0.25, -0.2) is 4.79 Å². The molecular formula is C23H34N2O5. The van der Waals surface area contributed by atoms with Gasteiger partial charge in [-0.05, 0) is 46.1 Å². The minimum Gasteiger partial charge on any atom is -0.459 e. The average Bonchev–Trinajstić information content (AvgIpc) is 2.70. The van der Waals surface area contributed by atoms with Crippen molar-refractivity contribution in [3.8, 4) is 0 Å². The molecule has 1 atom stereocenters. The number of carbonyl (C=O) groups excluding carboxylic acids is 3. The molecule has 30 heavy (non-hydrogen) atoms. The van der Waals surface area contributed by atoms with Crippen molar-refractivity contribution in [2.75, 3.05) is 6.54 Å². The Kier molecular flexibility index (Phi) is 8.69. The van der Waals surface area contributed by atoms with Crippen LogP contribution in [0.3, 0.4) is 0 Å². The first-order valence-corrected chi connectivity index (χ1v) is 10.7. The zero-order chi connectivity index (χ0) is 22.1. The molecule has 2 rings (SSSR count). The number of carbonyl (C=O) groups is 3. The second-order valence-electron chi connectivity index (χ2n) is 8.77. The van der Waals surface area contributed by atoms with Crippen LogP contribution in [-0.4, -0.2) is 47.1 Å². The Morgan fingerprint density at radius 2 is 1.73 bits per heavy atom. The van der Waals surface area contributed by atoms with Crippen molar-refractivity contribution in [1.82, 2.24) is 10.2 Å². The van der Waals surface area contributed by atoms with Crippen molar-refractivity contribution in [3.05, 3.63) is 35.9 Å². The molecule has 0 heterocycles. The molecule has 0 saturated heterocycles. The maximum Gasteiger partial charge on any atom is 0.408 e. The van der Waals surface area contributed by atoms with Gasteiger partial charge in [0.15, 0.2) is 0 Å². The lowest BCUT2D eigenvalue weighted by atomic mass is 9.93. The molecule has 0 spiro atoms. The zero-order valence-electron chi connectivity index (χ0n) is 18.5. The Morgan fingerprint density at radius 3 is 2.33 bits per heavy atom. The van der Waals surface area contributed by atoms with Crippen LogP contribution < -0.4 is 5.32 Å². The van der Waals surface area contributed by atoms with E-state index in [2.05, 4.69) is 5.32 Å². The lowest BCUT2D eigenvalue weighted by Crippen LogP contribution is -2.53. The second-order valence-corrected chi connectivity index (χ2v) is 8.77. The Balaban J connectivity index is 1.96. The third-order valence-corrected chi connectivity index (χ3v) is 4.94. The third-order valence-electron chi connectivity index (χ3n) is 4.94. The van der Waals surface area contributed by atoms with E-state index in [4.69, 9.17) is 9.47 Å². The lowest BCUT2D eigenvalue weighted by molar-refractivity contribution is -0.160. The molecule has 0 radical (unpaired) electrons. The van der Waals surface area contributed by atoms with Gasteiger partial charge in [0, 0.05) is 6.04 Å². The summed E-state index contributed by atoms with van der Waals surface area (Å²) in [6.07, 6.45) is 4.19. The number of esters is 1. The van der Waals surface area contributed by atoms with Crippen molar-refractivity contribution in [2.45, 2.75) is 84.1 Å². The Hall–Kier alpha value is -2.57. The van der Waals surface area contributed by atoms with Gasteiger partial charge < -0.3 is 19.7 Å². The van der Waals surface area contributed by atoms with E-state index in [1.807, 2.05) is 30.3 Å². The molecule has 1 N–H and O–H groups in total. The predicted octanol–water partition coefficient (Wildman–Crippen LogP) is 3.80. The van der Waals surface area contributed by atoms with E-state index in [1.165, 1.54) is 0 Å². The van der Waals surface area contributed by atoms with Crippen molar-refractivity contribution in [2.24, 2.45) is 0 Å². The van der Waals surface area contributed by atoms with Gasteiger partial charge in [-0.1, -0.05) is 49.6 Å². The van der Waals surface area contributed by atoms with Gasteiger partial charge in [0.25, 0.3) is 0 Å². The topological polar surface area (TPSA) is 84.9 Å². The quantitative estimate of drug-likeness (QED) is 0.681. The van der Waals surface area contributed by atoms with E-state index in [0.29, 0.717) is 0 Å². The minimum absolute atomic E-state index is 0.0247. The highest BCUT2D eigenvalue weighted by atomic mass is 16.6. The van der Waals surface area contributed by atoms with Crippen LogP contribution in [-0.2, 0) is 25.7 Å². The first kappa shape index (κ1) is 23.7. The molecule has 1 aliphatic rings. The van der Waals surface area contributed by atoms with Crippen molar-refractivity contribution in [3.63, 3.8) is 0 Å². The van der Waals surface area contributed by atoms with Crippen LogP contribution in [0.4, 0.5) is 4.79 Å². The summed E-state index contributed by atoms with van der Waals surface area (Å²) >= 11 is 0. The molecule has 1 aliphatic carbocycles. The molecule has 166 valence electrons. The van der Waals surface area contributed by atoms with Gasteiger partial charge in [0.1, 0.15) is 24.8 Å². The molecule has 0 aromatic heterocycles. The molecule has 1 saturated carbocycles. The average molecular weight is 419 g/mol. The molecule has 0 bridgehead atoms. The van der Waals surface area contributed by atoms with Crippen LogP contribution in [0.5, 0.6) is 0 Å². The second kappa shape index (κ2) is 11.0. The van der Waals surface area contributed by atoms with Gasteiger partial charge in [0.2, 0.25) is 5.91 Å². The van der Waals surface area contributed by atoms with E-state index in [-0.39, 0.29) is 25.1 Å². The van der Waals surface area contributed by atoms with E-state index in [0.717, 1.165) is 37.7 Å². The Morgan fingerprint density at radius 1 is 1.10 bits per heavy atom. The van der Waals surface area contributed by atoms with Gasteiger partial charge in [-0.15, -0.1) is 0 Å².